The van der Waals surface area contributed by atoms with Crippen molar-refractivity contribution in [3.8, 4) is 70.4 Å². The summed E-state index contributed by atoms with van der Waals surface area (Å²) in [5, 5.41) is 71.8. The number of hydrogen-bond donors (Lipinski definition) is 4. The highest BCUT2D eigenvalue weighted by atomic mass is 16.3. The minimum absolute atomic E-state index is 0.106. The molecular weight excluding hydrogens is 1510 g/mol. The molecule has 0 fully saturated rings. The van der Waals surface area contributed by atoms with Crippen LogP contribution >= 0.6 is 0 Å². The first-order chi connectivity index (χ1) is 57.0. The first kappa shape index (κ1) is 80.6. The largest absolute Gasteiger partial charge is 0.502 e. The molecule has 0 spiro atoms. The van der Waals surface area contributed by atoms with E-state index >= 15 is 0 Å². The minimum Gasteiger partial charge on any atom is -0.502 e. The number of carbonyl (C=O) groups is 4. The van der Waals surface area contributed by atoms with E-state index < -0.39 is 86.5 Å². The molecule has 4 aliphatic heterocycles. The van der Waals surface area contributed by atoms with Crippen molar-refractivity contribution < 1.29 is 39.6 Å². The van der Waals surface area contributed by atoms with Gasteiger partial charge in [-0.3, -0.25) is 52.4 Å². The van der Waals surface area contributed by atoms with E-state index in [0.29, 0.717) is 49.0 Å². The van der Waals surface area contributed by atoms with Crippen LogP contribution in [0.15, 0.2) is 215 Å². The molecule has 8 aromatic heterocycles. The maximum Gasteiger partial charge on any atom is 0.275 e. The van der Waals surface area contributed by atoms with Crippen LogP contribution in [0.2, 0.25) is 0 Å². The summed E-state index contributed by atoms with van der Waals surface area (Å²) >= 11 is 0. The quantitative estimate of drug-likeness (QED) is 0.0946. The van der Waals surface area contributed by atoms with Gasteiger partial charge in [-0.05, 0) is 78.0 Å². The van der Waals surface area contributed by atoms with Crippen molar-refractivity contribution in [2.45, 2.75) is 88.9 Å². The Bertz CT molecular complexity index is 5920. The Morgan fingerprint density at radius 2 is 0.627 bits per heavy atom. The van der Waals surface area contributed by atoms with E-state index in [1.807, 2.05) is 183 Å². The van der Waals surface area contributed by atoms with E-state index in [2.05, 4.69) is 88.0 Å². The number of nitrogens with zero attached hydrogens (tertiary/aromatic N) is 20. The third-order valence-electron chi connectivity index (χ3n) is 20.2. The maximum absolute atomic E-state index is 12.7. The monoisotopic (exact) mass is 1580 g/mol. The summed E-state index contributed by atoms with van der Waals surface area (Å²) in [4.78, 5) is 109. The summed E-state index contributed by atoms with van der Waals surface area (Å²) in [5.41, 5.74) is 3.20. The zero-order chi connectivity index (χ0) is 83.6. The van der Waals surface area contributed by atoms with Crippen LogP contribution in [0.3, 0.4) is 0 Å². The van der Waals surface area contributed by atoms with E-state index in [4.69, 9.17) is 0 Å². The fourth-order valence-electron chi connectivity index (χ4n) is 14.8. The van der Waals surface area contributed by atoms with Crippen molar-refractivity contribution in [2.75, 3.05) is 54.4 Å². The zero-order valence-electron chi connectivity index (χ0n) is 65.3. The number of benzene rings is 4. The molecule has 0 aliphatic carbocycles. The van der Waals surface area contributed by atoms with Crippen molar-refractivity contribution >= 4 is 23.6 Å². The molecule has 4 amide bonds. The van der Waals surface area contributed by atoms with Gasteiger partial charge in [-0.15, -0.1) is 0 Å². The van der Waals surface area contributed by atoms with Gasteiger partial charge in [0.25, 0.3) is 23.6 Å². The summed E-state index contributed by atoms with van der Waals surface area (Å²) in [6, 6.07) is 41.5. The molecule has 0 saturated heterocycles. The smallest absolute Gasteiger partial charge is 0.275 e. The van der Waals surface area contributed by atoms with Gasteiger partial charge in [-0.1, -0.05) is 159 Å². The lowest BCUT2D eigenvalue weighted by atomic mass is 9.96. The average Bonchev–Trinajstić information content (AvgIpc) is 1.07. The van der Waals surface area contributed by atoms with E-state index in [0.717, 1.165) is 59.9 Å². The van der Waals surface area contributed by atoms with Crippen LogP contribution in [0.5, 0.6) is 23.0 Å². The predicted molar refractivity (Wildman–Crippen MR) is 431 cm³/mol. The maximum atomic E-state index is 12.7. The van der Waals surface area contributed by atoms with Crippen molar-refractivity contribution in [1.29, 1.82) is 0 Å². The van der Waals surface area contributed by atoms with E-state index in [9.17, 15) is 58.8 Å². The normalized spacial score (nSPS) is 16.6. The highest BCUT2D eigenvalue weighted by molar-refractivity contribution is 5.97. The molecule has 0 radical (unpaired) electrons. The number of hydrogen-bond acceptors (Lipinski definition) is 20. The number of imidazole rings is 1. The number of aromatic nitrogens is 16. The lowest BCUT2D eigenvalue weighted by Crippen LogP contribution is -2.46. The summed E-state index contributed by atoms with van der Waals surface area (Å²) < 4.78 is 13.1. The van der Waals surface area contributed by atoms with Crippen molar-refractivity contribution in [1.82, 2.24) is 97.6 Å². The first-order valence-corrected chi connectivity index (χ1v) is 37.5. The van der Waals surface area contributed by atoms with Crippen molar-refractivity contribution in [3.63, 3.8) is 0 Å². The molecule has 0 bridgehead atoms. The molecule has 596 valence electrons. The molecule has 32 heteroatoms. The molecular formula is C86H80N20O12. The Morgan fingerprint density at radius 1 is 0.364 bits per heavy atom. The van der Waals surface area contributed by atoms with Gasteiger partial charge in [0, 0.05) is 92.0 Å². The second-order valence-electron chi connectivity index (χ2n) is 27.8. The van der Waals surface area contributed by atoms with Crippen molar-refractivity contribution in [2.24, 2.45) is 0 Å². The molecule has 118 heavy (non-hydrogen) atoms. The van der Waals surface area contributed by atoms with Crippen LogP contribution in [0, 0.1) is 47.4 Å². The highest BCUT2D eigenvalue weighted by Gasteiger charge is 2.44. The van der Waals surface area contributed by atoms with Gasteiger partial charge in [0.1, 0.15) is 40.9 Å². The van der Waals surface area contributed by atoms with Crippen molar-refractivity contribution in [3.05, 3.63) is 304 Å². The van der Waals surface area contributed by atoms with Crippen LogP contribution in [0.25, 0.3) is 0 Å². The SMILES string of the molecule is CC#Cc1ccn(C(c2ccccc2)C2CN(C)C(=O)c3c(O)c(=O)cnn32)n1.CC#Cc1cn(C(c2ccccc2)C2CN(C)C(=O)c3c(O)c(=O)cnn32)cn1.CCC#Cc1ccn(C(c2ccccc2)C2CN(C)C(=O)c3c(O)c(=O)cnn32)n1.CCC#Cc1ccn(C(c2ccccc2)C2CN(C)C(=O)c3c(O)c(=O)cnn32)n1. The van der Waals surface area contributed by atoms with Crippen LogP contribution in [-0.4, -0.2) is 196 Å². The first-order valence-electron chi connectivity index (χ1n) is 37.5. The molecule has 12 aromatic rings. The molecule has 12 heterocycles. The third kappa shape index (κ3) is 16.4. The second kappa shape index (κ2) is 35.3. The van der Waals surface area contributed by atoms with E-state index in [1.165, 1.54) is 38.3 Å². The lowest BCUT2D eigenvalue weighted by molar-refractivity contribution is 0.0660. The molecule has 4 aromatic carbocycles. The number of fused-ring (bicyclic) bond motifs is 4. The predicted octanol–water partition coefficient (Wildman–Crippen LogP) is 6.51. The zero-order valence-corrected chi connectivity index (χ0v) is 65.3. The number of likely N-dealkylation sites (N-methyl/N-ethyl adjacent to an activating group) is 4. The Balaban J connectivity index is 0.000000136. The Labute approximate surface area is 675 Å². The summed E-state index contributed by atoms with van der Waals surface area (Å²) in [6.45, 7) is 8.77. The molecule has 4 aliphatic rings. The van der Waals surface area contributed by atoms with Gasteiger partial charge in [0.05, 0.1) is 61.3 Å². The Morgan fingerprint density at radius 3 is 0.907 bits per heavy atom. The summed E-state index contributed by atoms with van der Waals surface area (Å²) in [5.74, 6) is 19.5. The topological polar surface area (TPSA) is 373 Å². The average molecular weight is 1590 g/mol. The molecule has 8 atom stereocenters. The van der Waals surface area contributed by atoms with E-state index in [1.54, 1.807) is 62.4 Å². The fraction of sp³-hybridized carbons (Fsp3) is 0.256. The number of amides is 4. The summed E-state index contributed by atoms with van der Waals surface area (Å²) in [7, 11) is 6.55. The highest BCUT2D eigenvalue weighted by Crippen LogP contribution is 2.41. The van der Waals surface area contributed by atoms with Crippen LogP contribution < -0.4 is 21.7 Å². The summed E-state index contributed by atoms with van der Waals surface area (Å²) in [6.07, 6.45) is 14.6. The van der Waals surface area contributed by atoms with Crippen LogP contribution in [0.1, 0.15) is 176 Å². The second-order valence-corrected chi connectivity index (χ2v) is 27.8. The number of aromatic hydroxyl groups is 4. The standard InChI is InChI=1S/2C22H21N5O3.2C21H19N5O3/c2*1-3-4-10-16-11-12-26(24-16)19(15-8-6-5-7-9-15)17-14-25(2)22(30)20-21(29)18(28)13-23-27(17)20;1-3-7-15-11-25(13-22-15)18(14-8-5-4-6-9-14)16-12-24(2)21(29)19-20(28)17(27)10-23-26(16)19;1-3-7-15-10-11-25(23-15)18(14-8-5-4-6-9-14)16-13-24(2)21(29)19-20(28)17(27)12-22-26(16)19/h2*5-9,11-13,17,19,29H,3,14H2,1-2H3;4-6,8-11,13,16,18,28H,12H2,1-2H3;4-6,8-12,16,18,28H,13H2,1-2H3. The van der Waals surface area contributed by atoms with Crippen LogP contribution in [-0.2, 0) is 0 Å². The molecule has 32 nitrogen and oxygen atoms in total. The molecule has 0 saturated carbocycles. The number of carbonyl (C=O) groups excluding carboxylic acids is 4. The van der Waals surface area contributed by atoms with Gasteiger partial charge in [0.15, 0.2) is 45.8 Å². The molecule has 16 rings (SSSR count). The minimum atomic E-state index is -0.686. The van der Waals surface area contributed by atoms with Crippen LogP contribution in [0.4, 0.5) is 0 Å². The molecule has 8 unspecified atom stereocenters. The third-order valence-corrected chi connectivity index (χ3v) is 20.2. The van der Waals surface area contributed by atoms with Gasteiger partial charge in [-0.25, -0.2) is 23.7 Å². The van der Waals surface area contributed by atoms with Gasteiger partial charge >= 0.3 is 0 Å². The lowest BCUT2D eigenvalue weighted by Gasteiger charge is -2.37. The number of rotatable bonds is 12. The molecule has 4 N–H and O–H groups in total. The van der Waals surface area contributed by atoms with E-state index in [-0.39, 0.29) is 53.0 Å². The van der Waals surface area contributed by atoms with Gasteiger partial charge < -0.3 is 44.6 Å². The van der Waals surface area contributed by atoms with Gasteiger partial charge in [0.2, 0.25) is 21.7 Å². The Hall–Kier alpha value is -15.4. The Kier molecular flexibility index (Phi) is 24.1. The van der Waals surface area contributed by atoms with Gasteiger partial charge in [-0.2, -0.15) is 35.7 Å². The fourth-order valence-corrected chi connectivity index (χ4v) is 14.8.